The molecule has 0 aromatic carbocycles. The van der Waals surface area contributed by atoms with Crippen molar-refractivity contribution >= 4 is 11.3 Å². The molecule has 0 saturated carbocycles. The second kappa shape index (κ2) is 7.48. The minimum Gasteiger partial charge on any atom is -0.489 e. The molecule has 31 heavy (non-hydrogen) atoms. The average Bonchev–Trinajstić information content (AvgIpc) is 3.45. The average molecular weight is 419 g/mol. The minimum atomic E-state index is -0.970. The molecule has 3 aromatic heterocycles. The molecular formula is C22H25N7O2. The highest BCUT2D eigenvalue weighted by Gasteiger charge is 2.36. The Bertz CT molecular complexity index is 1130. The van der Waals surface area contributed by atoms with E-state index in [0.717, 1.165) is 32.0 Å². The van der Waals surface area contributed by atoms with E-state index in [-0.39, 0.29) is 6.61 Å². The third kappa shape index (κ3) is 3.80. The van der Waals surface area contributed by atoms with Crippen molar-refractivity contribution in [2.75, 3.05) is 37.7 Å². The van der Waals surface area contributed by atoms with Gasteiger partial charge >= 0.3 is 0 Å². The molecule has 0 unspecified atom stereocenters. The first-order chi connectivity index (χ1) is 14.9. The van der Waals surface area contributed by atoms with Crippen LogP contribution in [-0.4, -0.2) is 63.1 Å². The van der Waals surface area contributed by atoms with Crippen molar-refractivity contribution in [1.29, 1.82) is 5.26 Å². The van der Waals surface area contributed by atoms with Gasteiger partial charge in [0.1, 0.15) is 24.2 Å². The van der Waals surface area contributed by atoms with Gasteiger partial charge in [-0.05, 0) is 31.7 Å². The van der Waals surface area contributed by atoms with Crippen LogP contribution < -0.4 is 15.0 Å². The molecule has 0 bridgehead atoms. The molecule has 2 saturated heterocycles. The number of hydrogen-bond donors (Lipinski definition) is 2. The van der Waals surface area contributed by atoms with Crippen LogP contribution in [0.5, 0.6) is 5.75 Å². The van der Waals surface area contributed by atoms with Gasteiger partial charge in [0.2, 0.25) is 0 Å². The predicted octanol–water partition coefficient (Wildman–Crippen LogP) is 1.47. The Hall–Kier alpha value is -3.22. The van der Waals surface area contributed by atoms with Crippen molar-refractivity contribution in [3.63, 3.8) is 0 Å². The summed E-state index contributed by atoms with van der Waals surface area (Å²) < 4.78 is 7.38. The molecule has 5 rings (SSSR count). The molecule has 2 N–H and O–H groups in total. The van der Waals surface area contributed by atoms with E-state index < -0.39 is 5.60 Å². The molecule has 2 atom stereocenters. The second-order valence-corrected chi connectivity index (χ2v) is 9.00. The van der Waals surface area contributed by atoms with E-state index in [1.165, 1.54) is 6.20 Å². The lowest BCUT2D eigenvalue weighted by Crippen LogP contribution is -2.28. The summed E-state index contributed by atoms with van der Waals surface area (Å²) in [5.41, 5.74) is 1.49. The number of aliphatic hydroxyl groups is 1. The van der Waals surface area contributed by atoms with E-state index in [4.69, 9.17) is 4.74 Å². The highest BCUT2D eigenvalue weighted by atomic mass is 16.5. The van der Waals surface area contributed by atoms with Gasteiger partial charge in [-0.25, -0.2) is 9.50 Å². The van der Waals surface area contributed by atoms with Crippen molar-refractivity contribution < 1.29 is 9.84 Å². The molecule has 3 aromatic rings. The number of aromatic nitrogens is 4. The first-order valence-corrected chi connectivity index (χ1v) is 10.5. The number of hydrogen-bond acceptors (Lipinski definition) is 8. The van der Waals surface area contributed by atoms with E-state index in [9.17, 15) is 10.4 Å². The van der Waals surface area contributed by atoms with E-state index in [0.29, 0.717) is 39.9 Å². The Balaban J connectivity index is 1.48. The lowest BCUT2D eigenvalue weighted by atomic mass is 10.0. The summed E-state index contributed by atoms with van der Waals surface area (Å²) in [7, 11) is 0. The van der Waals surface area contributed by atoms with Gasteiger partial charge in [0.25, 0.3) is 0 Å². The zero-order valence-electron chi connectivity index (χ0n) is 17.6. The highest BCUT2D eigenvalue weighted by molar-refractivity contribution is 5.83. The lowest BCUT2D eigenvalue weighted by Gasteiger charge is -2.19. The molecule has 0 spiro atoms. The third-order valence-corrected chi connectivity index (χ3v) is 5.93. The molecule has 5 heterocycles. The Morgan fingerprint density at radius 1 is 1.23 bits per heavy atom. The molecule has 9 heteroatoms. The number of nitrogens with zero attached hydrogens (tertiary/aromatic N) is 6. The van der Waals surface area contributed by atoms with Crippen LogP contribution in [-0.2, 0) is 0 Å². The number of anilines is 1. The molecule has 0 aliphatic carbocycles. The van der Waals surface area contributed by atoms with Crippen molar-refractivity contribution in [3.05, 3.63) is 36.4 Å². The largest absolute Gasteiger partial charge is 0.489 e. The van der Waals surface area contributed by atoms with Crippen LogP contribution in [0.2, 0.25) is 0 Å². The molecule has 0 radical (unpaired) electrons. The fraction of sp³-hybridized carbons (Fsp3) is 0.455. The molecule has 2 aliphatic heterocycles. The van der Waals surface area contributed by atoms with Crippen LogP contribution in [0.3, 0.4) is 0 Å². The molecule has 2 fully saturated rings. The van der Waals surface area contributed by atoms with Gasteiger partial charge in [0.15, 0.2) is 0 Å². The fourth-order valence-electron chi connectivity index (χ4n) is 4.38. The maximum absolute atomic E-state index is 9.99. The lowest BCUT2D eigenvalue weighted by molar-refractivity contribution is 0.0283. The quantitative estimate of drug-likeness (QED) is 0.640. The van der Waals surface area contributed by atoms with Crippen LogP contribution in [0.1, 0.15) is 19.4 Å². The summed E-state index contributed by atoms with van der Waals surface area (Å²) in [4.78, 5) is 11.6. The summed E-state index contributed by atoms with van der Waals surface area (Å²) in [6, 6.07) is 4.01. The predicted molar refractivity (Wildman–Crippen MR) is 115 cm³/mol. The van der Waals surface area contributed by atoms with Crippen LogP contribution in [0.25, 0.3) is 16.8 Å². The van der Waals surface area contributed by atoms with Crippen molar-refractivity contribution in [2.24, 2.45) is 11.8 Å². The molecule has 0 amide bonds. The molecular weight excluding hydrogens is 394 g/mol. The first kappa shape index (κ1) is 19.7. The second-order valence-electron chi connectivity index (χ2n) is 9.00. The van der Waals surface area contributed by atoms with E-state index in [1.54, 1.807) is 37.0 Å². The molecule has 160 valence electrons. The summed E-state index contributed by atoms with van der Waals surface area (Å²) >= 11 is 0. The van der Waals surface area contributed by atoms with Gasteiger partial charge in [0.05, 0.1) is 47.2 Å². The monoisotopic (exact) mass is 419 g/mol. The van der Waals surface area contributed by atoms with Gasteiger partial charge in [-0.15, -0.1) is 0 Å². The summed E-state index contributed by atoms with van der Waals surface area (Å²) in [6.07, 6.45) is 6.76. The molecule has 2 aliphatic rings. The number of nitriles is 1. The zero-order chi connectivity index (χ0) is 21.6. The first-order valence-electron chi connectivity index (χ1n) is 10.5. The minimum absolute atomic E-state index is 0.126. The number of fused-ring (bicyclic) bond motifs is 2. The molecule has 9 nitrogen and oxygen atoms in total. The van der Waals surface area contributed by atoms with Crippen molar-refractivity contribution in [2.45, 2.75) is 19.4 Å². The fourth-order valence-corrected chi connectivity index (χ4v) is 4.38. The van der Waals surface area contributed by atoms with Gasteiger partial charge < -0.3 is 20.1 Å². The number of rotatable bonds is 5. The van der Waals surface area contributed by atoms with Crippen molar-refractivity contribution in [3.8, 4) is 23.1 Å². The van der Waals surface area contributed by atoms with Gasteiger partial charge in [0, 0.05) is 31.7 Å². The van der Waals surface area contributed by atoms with Crippen LogP contribution >= 0.6 is 0 Å². The normalized spacial score (nSPS) is 20.8. The van der Waals surface area contributed by atoms with Crippen molar-refractivity contribution in [1.82, 2.24) is 24.9 Å². The topological polar surface area (TPSA) is 112 Å². The SMILES string of the molecule is CC(C)(O)COc1cc(-c2cnc(N3C[C@H]4CNC[C@H]4C3)cn2)c2c(C#N)cnn2c1. The standard InChI is InChI=1S/C22H25N7O2/c1-22(2,30)13-31-17-3-18(21-14(4-23)7-27-29(21)12-17)19-8-26-20(9-25-19)28-10-15-5-24-6-16(15)11-28/h3,7-9,12,15-16,24,30H,5-6,10-11,13H2,1-2H3/t15-,16+. The summed E-state index contributed by atoms with van der Waals surface area (Å²) in [6.45, 7) is 7.62. The van der Waals surface area contributed by atoms with E-state index in [1.807, 2.05) is 6.07 Å². The summed E-state index contributed by atoms with van der Waals surface area (Å²) in [5, 5.41) is 27.3. The summed E-state index contributed by atoms with van der Waals surface area (Å²) in [5.74, 6) is 2.76. The van der Waals surface area contributed by atoms with E-state index >= 15 is 0 Å². The highest BCUT2D eigenvalue weighted by Crippen LogP contribution is 2.32. The Kier molecular flexibility index (Phi) is 4.76. The van der Waals surface area contributed by atoms with Crippen LogP contribution in [0.4, 0.5) is 5.82 Å². The van der Waals surface area contributed by atoms with E-state index in [2.05, 4.69) is 31.4 Å². The zero-order valence-corrected chi connectivity index (χ0v) is 17.6. The number of pyridine rings is 1. The Morgan fingerprint density at radius 2 is 2.00 bits per heavy atom. The Morgan fingerprint density at radius 3 is 2.65 bits per heavy atom. The maximum Gasteiger partial charge on any atom is 0.147 e. The number of nitrogens with one attached hydrogen (secondary N) is 1. The maximum atomic E-state index is 9.99. The Labute approximate surface area is 180 Å². The smallest absolute Gasteiger partial charge is 0.147 e. The van der Waals surface area contributed by atoms with Gasteiger partial charge in [-0.3, -0.25) is 4.98 Å². The van der Waals surface area contributed by atoms with Gasteiger partial charge in [-0.1, -0.05) is 0 Å². The van der Waals surface area contributed by atoms with Gasteiger partial charge in [-0.2, -0.15) is 10.4 Å². The van der Waals surface area contributed by atoms with Crippen LogP contribution in [0, 0.1) is 23.2 Å². The number of ether oxygens (including phenoxy) is 1. The van der Waals surface area contributed by atoms with Crippen LogP contribution in [0.15, 0.2) is 30.9 Å². The third-order valence-electron chi connectivity index (χ3n) is 5.93.